The fraction of sp³-hybridized carbons (Fsp3) is 0.161. The Morgan fingerprint density at radius 1 is 1.05 bits per heavy atom. The summed E-state index contributed by atoms with van der Waals surface area (Å²) in [5, 5.41) is 12.3. The molecule has 1 aliphatic rings. The van der Waals surface area contributed by atoms with Gasteiger partial charge in [-0.25, -0.2) is 14.4 Å². The van der Waals surface area contributed by atoms with Crippen LogP contribution in [0.5, 0.6) is 0 Å². The zero-order chi connectivity index (χ0) is 29.5. The molecule has 43 heavy (non-hydrogen) atoms. The number of piperidine rings is 1. The second kappa shape index (κ2) is 11.0. The zero-order valence-corrected chi connectivity index (χ0v) is 23.6. The average molecular weight is 593 g/mol. The van der Waals surface area contributed by atoms with Gasteiger partial charge in [0.15, 0.2) is 5.65 Å². The summed E-state index contributed by atoms with van der Waals surface area (Å²) in [4.78, 5) is 37.5. The second-order valence-corrected chi connectivity index (χ2v) is 11.4. The van der Waals surface area contributed by atoms with Crippen molar-refractivity contribution in [2.45, 2.75) is 18.9 Å². The Kier molecular flexibility index (Phi) is 6.84. The van der Waals surface area contributed by atoms with Crippen molar-refractivity contribution in [3.63, 3.8) is 0 Å². The highest BCUT2D eigenvalue weighted by Crippen LogP contribution is 2.39. The fourth-order valence-electron chi connectivity index (χ4n) is 5.48. The molecule has 6 aromatic rings. The molecule has 0 aliphatic carbocycles. The molecular formula is C31H25FN8O2S. The average Bonchev–Trinajstić information content (AvgIpc) is 3.67. The summed E-state index contributed by atoms with van der Waals surface area (Å²) < 4.78 is 18.1. The van der Waals surface area contributed by atoms with E-state index < -0.39 is 17.6 Å². The quantitative estimate of drug-likeness (QED) is 0.286. The highest BCUT2D eigenvalue weighted by atomic mass is 32.1. The van der Waals surface area contributed by atoms with Crippen LogP contribution < -0.4 is 16.0 Å². The van der Waals surface area contributed by atoms with E-state index in [-0.39, 0.29) is 11.6 Å². The van der Waals surface area contributed by atoms with Crippen molar-refractivity contribution in [3.8, 4) is 16.1 Å². The van der Waals surface area contributed by atoms with Gasteiger partial charge in [0.2, 0.25) is 5.91 Å². The fourth-order valence-corrected chi connectivity index (χ4v) is 6.52. The minimum Gasteiger partial charge on any atom is -0.366 e. The van der Waals surface area contributed by atoms with Crippen LogP contribution in [0.2, 0.25) is 0 Å². The monoisotopic (exact) mass is 592 g/mol. The maximum atomic E-state index is 15.8. The predicted molar refractivity (Wildman–Crippen MR) is 163 cm³/mol. The number of fused-ring (bicyclic) bond motifs is 2. The maximum Gasteiger partial charge on any atom is 0.262 e. The molecule has 1 fully saturated rings. The van der Waals surface area contributed by atoms with E-state index in [9.17, 15) is 9.59 Å². The number of nitrogens with one attached hydrogen (secondary N) is 1. The molecule has 2 amide bonds. The maximum absolute atomic E-state index is 15.8. The topological polar surface area (TPSA) is 132 Å². The number of amides is 2. The summed E-state index contributed by atoms with van der Waals surface area (Å²) in [6, 6.07) is 18.6. The van der Waals surface area contributed by atoms with Gasteiger partial charge in [-0.05, 0) is 73.5 Å². The number of primary amides is 1. The molecular weight excluding hydrogens is 567 g/mol. The molecule has 1 atom stereocenters. The van der Waals surface area contributed by atoms with Gasteiger partial charge in [-0.1, -0.05) is 17.3 Å². The summed E-state index contributed by atoms with van der Waals surface area (Å²) in [6.45, 7) is 1.40. The van der Waals surface area contributed by atoms with Gasteiger partial charge in [0.05, 0.1) is 17.3 Å². The number of rotatable bonds is 6. The molecule has 0 unspecified atom stereocenters. The molecule has 1 aliphatic heterocycles. The summed E-state index contributed by atoms with van der Waals surface area (Å²) >= 11 is 1.52. The molecule has 10 nitrogen and oxygen atoms in total. The lowest BCUT2D eigenvalue weighted by Gasteiger charge is -2.34. The van der Waals surface area contributed by atoms with Gasteiger partial charge < -0.3 is 11.1 Å². The van der Waals surface area contributed by atoms with E-state index in [1.54, 1.807) is 53.7 Å². The molecule has 0 saturated carbocycles. The van der Waals surface area contributed by atoms with Crippen molar-refractivity contribution in [1.29, 1.82) is 0 Å². The number of pyridine rings is 2. The van der Waals surface area contributed by atoms with Gasteiger partial charge in [-0.2, -0.15) is 4.68 Å². The van der Waals surface area contributed by atoms with Crippen LogP contribution in [0, 0.1) is 5.82 Å². The van der Waals surface area contributed by atoms with Gasteiger partial charge in [0, 0.05) is 45.5 Å². The van der Waals surface area contributed by atoms with E-state index in [1.165, 1.54) is 28.2 Å². The summed E-state index contributed by atoms with van der Waals surface area (Å²) in [5.41, 5.74) is 8.14. The second-order valence-electron chi connectivity index (χ2n) is 10.3. The Balaban J connectivity index is 1.30. The van der Waals surface area contributed by atoms with Crippen LogP contribution in [0.25, 0.3) is 37.4 Å². The van der Waals surface area contributed by atoms with E-state index in [1.807, 2.05) is 18.2 Å². The number of hydrogen-bond acceptors (Lipinski definition) is 8. The summed E-state index contributed by atoms with van der Waals surface area (Å²) in [5.74, 6) is -1.21. The molecule has 0 radical (unpaired) electrons. The van der Waals surface area contributed by atoms with Crippen LogP contribution in [0.15, 0.2) is 79.1 Å². The third kappa shape index (κ3) is 4.90. The largest absolute Gasteiger partial charge is 0.366 e. The van der Waals surface area contributed by atoms with Crippen LogP contribution in [0.3, 0.4) is 0 Å². The van der Waals surface area contributed by atoms with Crippen LogP contribution in [0.1, 0.15) is 33.6 Å². The molecule has 214 valence electrons. The Hall–Kier alpha value is -5.07. The van der Waals surface area contributed by atoms with Crippen LogP contribution in [0.4, 0.5) is 10.2 Å². The molecule has 0 bridgehead atoms. The van der Waals surface area contributed by atoms with Gasteiger partial charge in [0.25, 0.3) is 5.91 Å². The Morgan fingerprint density at radius 3 is 2.77 bits per heavy atom. The van der Waals surface area contributed by atoms with Crippen molar-refractivity contribution in [1.82, 2.24) is 30.3 Å². The van der Waals surface area contributed by atoms with Crippen molar-refractivity contribution in [3.05, 3.63) is 96.1 Å². The van der Waals surface area contributed by atoms with Gasteiger partial charge in [-0.15, -0.1) is 16.4 Å². The third-order valence-electron chi connectivity index (χ3n) is 7.58. The molecule has 0 spiro atoms. The van der Waals surface area contributed by atoms with Crippen LogP contribution in [-0.4, -0.2) is 55.9 Å². The van der Waals surface area contributed by atoms with Crippen molar-refractivity contribution < 1.29 is 14.0 Å². The van der Waals surface area contributed by atoms with E-state index in [4.69, 9.17) is 5.73 Å². The van der Waals surface area contributed by atoms with E-state index >= 15 is 4.39 Å². The molecule has 7 rings (SSSR count). The van der Waals surface area contributed by atoms with Crippen molar-refractivity contribution in [2.24, 2.45) is 5.73 Å². The van der Waals surface area contributed by atoms with E-state index in [2.05, 4.69) is 25.6 Å². The number of aromatic nitrogens is 5. The highest BCUT2D eigenvalue weighted by Gasteiger charge is 2.32. The molecule has 12 heteroatoms. The van der Waals surface area contributed by atoms with Crippen molar-refractivity contribution in [2.75, 3.05) is 18.0 Å². The molecule has 5 heterocycles. The number of carbonyl (C=O) groups excluding carboxylic acids is 2. The number of halogens is 1. The van der Waals surface area contributed by atoms with Gasteiger partial charge >= 0.3 is 0 Å². The minimum atomic E-state index is -0.683. The Morgan fingerprint density at radius 2 is 1.95 bits per heavy atom. The standard InChI is InChI=1S/C31H25FN8O2S/c32-24-15-20(40-30-25(37-38-40)7-3-12-35-30)8-9-22(24)31(42)39(21-6-2-11-34-17-21)29-23-16-27(43-26(23)10-13-36-29)18-4-1-5-19(14-18)28(33)41/h1,3-5,7-10,12-16,21,34H,2,6,11,17H2,(H2,33,41)/t21-/m1/s1. The number of nitrogens with two attached hydrogens (primary N) is 1. The normalized spacial score (nSPS) is 15.1. The Labute approximate surface area is 249 Å². The van der Waals surface area contributed by atoms with Crippen LogP contribution in [-0.2, 0) is 0 Å². The molecule has 2 aromatic carbocycles. The number of nitrogens with zero attached hydrogens (tertiary/aromatic N) is 6. The summed E-state index contributed by atoms with van der Waals surface area (Å²) in [6.07, 6.45) is 4.89. The minimum absolute atomic E-state index is 0.0740. The number of benzene rings is 2. The molecule has 4 aromatic heterocycles. The number of hydrogen-bond donors (Lipinski definition) is 2. The SMILES string of the molecule is NC(=O)c1cccc(-c2cc3c(N(C(=O)c4ccc(-n5nnc6cccnc65)cc4F)[C@@H]4CCCNC4)nccc3s2)c1. The highest BCUT2D eigenvalue weighted by molar-refractivity contribution is 7.22. The van der Waals surface area contributed by atoms with Crippen molar-refractivity contribution >= 4 is 50.2 Å². The third-order valence-corrected chi connectivity index (χ3v) is 8.72. The lowest BCUT2D eigenvalue weighted by Crippen LogP contribution is -2.49. The first-order chi connectivity index (χ1) is 21.0. The zero-order valence-electron chi connectivity index (χ0n) is 22.8. The number of carbonyl (C=O) groups is 2. The van der Waals surface area contributed by atoms with Gasteiger partial charge in [0.1, 0.15) is 17.2 Å². The predicted octanol–water partition coefficient (Wildman–Crippen LogP) is 4.73. The van der Waals surface area contributed by atoms with Gasteiger partial charge in [-0.3, -0.25) is 14.5 Å². The Bertz CT molecular complexity index is 2020. The van der Waals surface area contributed by atoms with E-state index in [0.717, 1.165) is 39.9 Å². The molecule has 1 saturated heterocycles. The smallest absolute Gasteiger partial charge is 0.262 e. The van der Waals surface area contributed by atoms with Crippen LogP contribution >= 0.6 is 11.3 Å². The lowest BCUT2D eigenvalue weighted by molar-refractivity contribution is 0.0966. The first-order valence-electron chi connectivity index (χ1n) is 13.8. The first kappa shape index (κ1) is 26.8. The summed E-state index contributed by atoms with van der Waals surface area (Å²) in [7, 11) is 0. The lowest BCUT2D eigenvalue weighted by atomic mass is 10.0. The number of anilines is 1. The molecule has 3 N–H and O–H groups in total. The van der Waals surface area contributed by atoms with E-state index in [0.29, 0.717) is 34.8 Å². The number of thiophene rings is 1. The first-order valence-corrected chi connectivity index (χ1v) is 14.6.